The van der Waals surface area contributed by atoms with Gasteiger partial charge in [0.05, 0.1) is 0 Å². The molecular weight excluding hydrogens is 360 g/mol. The average molecular weight is 378 g/mol. The Kier molecular flexibility index (Phi) is 5.04. The lowest BCUT2D eigenvalue weighted by molar-refractivity contribution is -0.325. The molecule has 1 N–H and O–H groups in total. The Morgan fingerprint density at radius 2 is 1.48 bits per heavy atom. The monoisotopic (exact) mass is 378 g/mol. The first-order valence-electron chi connectivity index (χ1n) is 7.82. The standard InChI is InChI=1S/C16H18F8O/c1-9(10-7-13(8-10)4-2-3-5-13)6-14(25,16(22,23)24)15(20,21)11(17)12(18)19/h10,25H,1-8H2. The van der Waals surface area contributed by atoms with E-state index in [1.54, 1.807) is 0 Å². The Labute approximate surface area is 139 Å². The fourth-order valence-electron chi connectivity index (χ4n) is 3.97. The van der Waals surface area contributed by atoms with Crippen molar-refractivity contribution >= 4 is 0 Å². The molecule has 1 unspecified atom stereocenters. The van der Waals surface area contributed by atoms with Gasteiger partial charge >= 0.3 is 18.2 Å². The van der Waals surface area contributed by atoms with Crippen molar-refractivity contribution in [2.24, 2.45) is 11.3 Å². The SMILES string of the molecule is C=C(CC(O)(C(F)(F)F)C(F)(F)C(F)=C(F)F)C1CC2(CCCC2)C1. The molecule has 1 spiro atoms. The Morgan fingerprint density at radius 1 is 1.00 bits per heavy atom. The van der Waals surface area contributed by atoms with Crippen LogP contribution in [-0.2, 0) is 0 Å². The highest BCUT2D eigenvalue weighted by molar-refractivity contribution is 5.23. The van der Waals surface area contributed by atoms with Gasteiger partial charge in [-0.15, -0.1) is 0 Å². The number of halogens is 8. The minimum atomic E-state index is -6.03. The van der Waals surface area contributed by atoms with Gasteiger partial charge in [-0.25, -0.2) is 0 Å². The van der Waals surface area contributed by atoms with Crippen LogP contribution in [0.25, 0.3) is 0 Å². The topological polar surface area (TPSA) is 20.2 Å². The summed E-state index contributed by atoms with van der Waals surface area (Å²) < 4.78 is 104. The Bertz CT molecular complexity index is 561. The van der Waals surface area contributed by atoms with Crippen molar-refractivity contribution in [2.45, 2.75) is 62.6 Å². The summed E-state index contributed by atoms with van der Waals surface area (Å²) >= 11 is 0. The molecule has 0 aromatic rings. The van der Waals surface area contributed by atoms with E-state index in [0.717, 1.165) is 25.7 Å². The van der Waals surface area contributed by atoms with Crippen molar-refractivity contribution in [1.29, 1.82) is 0 Å². The molecule has 9 heteroatoms. The molecule has 0 heterocycles. The van der Waals surface area contributed by atoms with E-state index in [2.05, 4.69) is 6.58 Å². The van der Waals surface area contributed by atoms with Gasteiger partial charge in [0.15, 0.2) is 0 Å². The second-order valence-electron chi connectivity index (χ2n) is 7.15. The molecular formula is C16H18F8O. The predicted octanol–water partition coefficient (Wildman–Crippen LogP) is 5.91. The third kappa shape index (κ3) is 3.31. The van der Waals surface area contributed by atoms with Gasteiger partial charge in [-0.3, -0.25) is 0 Å². The third-order valence-electron chi connectivity index (χ3n) is 5.51. The van der Waals surface area contributed by atoms with Gasteiger partial charge < -0.3 is 5.11 Å². The Balaban J connectivity index is 2.21. The first kappa shape index (κ1) is 20.2. The number of rotatable bonds is 5. The lowest BCUT2D eigenvalue weighted by atomic mass is 9.58. The number of aliphatic hydroxyl groups is 1. The summed E-state index contributed by atoms with van der Waals surface area (Å²) in [5, 5.41) is 9.55. The van der Waals surface area contributed by atoms with Gasteiger partial charge in [0.1, 0.15) is 0 Å². The maximum Gasteiger partial charge on any atom is 0.424 e. The zero-order valence-electron chi connectivity index (χ0n) is 13.2. The molecule has 0 aromatic heterocycles. The highest BCUT2D eigenvalue weighted by Gasteiger charge is 2.72. The minimum absolute atomic E-state index is 0.0251. The van der Waals surface area contributed by atoms with Crippen LogP contribution >= 0.6 is 0 Å². The van der Waals surface area contributed by atoms with Crippen LogP contribution in [0.3, 0.4) is 0 Å². The van der Waals surface area contributed by atoms with Gasteiger partial charge in [-0.1, -0.05) is 25.0 Å². The third-order valence-corrected chi connectivity index (χ3v) is 5.51. The van der Waals surface area contributed by atoms with Gasteiger partial charge in [-0.2, -0.15) is 35.1 Å². The molecule has 2 fully saturated rings. The fraction of sp³-hybridized carbons (Fsp3) is 0.750. The molecule has 0 amide bonds. The van der Waals surface area contributed by atoms with E-state index in [1.165, 1.54) is 0 Å². The second-order valence-corrected chi connectivity index (χ2v) is 7.15. The van der Waals surface area contributed by atoms with Gasteiger partial charge in [0.25, 0.3) is 0 Å². The molecule has 2 aliphatic carbocycles. The van der Waals surface area contributed by atoms with Crippen molar-refractivity contribution in [3.8, 4) is 0 Å². The largest absolute Gasteiger partial charge is 0.424 e. The molecule has 25 heavy (non-hydrogen) atoms. The lowest BCUT2D eigenvalue weighted by Gasteiger charge is -2.48. The molecule has 2 aliphatic rings. The van der Waals surface area contributed by atoms with E-state index < -0.39 is 41.9 Å². The van der Waals surface area contributed by atoms with Crippen molar-refractivity contribution in [2.75, 3.05) is 0 Å². The first-order chi connectivity index (χ1) is 11.3. The van der Waals surface area contributed by atoms with E-state index in [1.807, 2.05) is 0 Å². The average Bonchev–Trinajstić information content (AvgIpc) is 2.92. The summed E-state index contributed by atoms with van der Waals surface area (Å²) in [7, 11) is 0. The van der Waals surface area contributed by atoms with Crippen molar-refractivity contribution < 1.29 is 40.2 Å². The molecule has 2 saturated carbocycles. The quantitative estimate of drug-likeness (QED) is 0.466. The molecule has 1 nitrogen and oxygen atoms in total. The van der Waals surface area contributed by atoms with Crippen LogP contribution in [-0.4, -0.2) is 22.8 Å². The predicted molar refractivity (Wildman–Crippen MR) is 73.7 cm³/mol. The molecule has 0 aromatic carbocycles. The van der Waals surface area contributed by atoms with Gasteiger partial charge in [0.2, 0.25) is 11.4 Å². The van der Waals surface area contributed by atoms with E-state index >= 15 is 0 Å². The summed E-state index contributed by atoms with van der Waals surface area (Å²) in [5.74, 6) is -9.92. The van der Waals surface area contributed by atoms with Crippen LogP contribution in [0.15, 0.2) is 24.1 Å². The molecule has 2 rings (SSSR count). The smallest absolute Gasteiger partial charge is 0.375 e. The van der Waals surface area contributed by atoms with Crippen LogP contribution in [0.1, 0.15) is 44.9 Å². The van der Waals surface area contributed by atoms with Crippen molar-refractivity contribution in [1.82, 2.24) is 0 Å². The maximum absolute atomic E-state index is 13.7. The minimum Gasteiger partial charge on any atom is -0.375 e. The first-order valence-corrected chi connectivity index (χ1v) is 7.82. The highest BCUT2D eigenvalue weighted by atomic mass is 19.4. The highest BCUT2D eigenvalue weighted by Crippen LogP contribution is 2.60. The maximum atomic E-state index is 13.7. The summed E-state index contributed by atoms with van der Waals surface area (Å²) in [6, 6.07) is 0. The summed E-state index contributed by atoms with van der Waals surface area (Å²) in [5.41, 5.74) is -5.34. The van der Waals surface area contributed by atoms with Crippen LogP contribution < -0.4 is 0 Å². The van der Waals surface area contributed by atoms with E-state index in [-0.39, 0.29) is 11.0 Å². The van der Waals surface area contributed by atoms with Crippen LogP contribution in [0.5, 0.6) is 0 Å². The van der Waals surface area contributed by atoms with E-state index in [9.17, 15) is 40.2 Å². The fourth-order valence-corrected chi connectivity index (χ4v) is 3.97. The number of alkyl halides is 5. The molecule has 0 bridgehead atoms. The van der Waals surface area contributed by atoms with E-state index in [0.29, 0.717) is 12.8 Å². The van der Waals surface area contributed by atoms with Gasteiger partial charge in [0, 0.05) is 6.42 Å². The lowest BCUT2D eigenvalue weighted by Crippen LogP contribution is -2.60. The molecule has 0 aliphatic heterocycles. The van der Waals surface area contributed by atoms with Crippen molar-refractivity contribution in [3.63, 3.8) is 0 Å². The van der Waals surface area contributed by atoms with Crippen molar-refractivity contribution in [3.05, 3.63) is 24.1 Å². The molecule has 144 valence electrons. The molecule has 0 saturated heterocycles. The van der Waals surface area contributed by atoms with Gasteiger partial charge in [-0.05, 0) is 37.0 Å². The zero-order valence-corrected chi connectivity index (χ0v) is 13.2. The Morgan fingerprint density at radius 3 is 1.88 bits per heavy atom. The zero-order chi connectivity index (χ0) is 19.3. The number of hydrogen-bond acceptors (Lipinski definition) is 1. The summed E-state index contributed by atoms with van der Waals surface area (Å²) in [6.45, 7) is 3.33. The van der Waals surface area contributed by atoms with Crippen LogP contribution in [0.4, 0.5) is 35.1 Å². The Hall–Kier alpha value is -1.12. The van der Waals surface area contributed by atoms with E-state index in [4.69, 9.17) is 0 Å². The number of hydrogen-bond donors (Lipinski definition) is 1. The van der Waals surface area contributed by atoms with Crippen LogP contribution in [0.2, 0.25) is 0 Å². The van der Waals surface area contributed by atoms with Crippen LogP contribution in [0, 0.1) is 11.3 Å². The summed E-state index contributed by atoms with van der Waals surface area (Å²) in [6.07, 6.45) is -6.70. The molecule has 1 atom stereocenters. The molecule has 0 radical (unpaired) electrons. The second kappa shape index (κ2) is 6.25. The summed E-state index contributed by atoms with van der Waals surface area (Å²) in [4.78, 5) is 0. The normalized spacial score (nSPS) is 23.2.